The summed E-state index contributed by atoms with van der Waals surface area (Å²) in [7, 11) is 0. The lowest BCUT2D eigenvalue weighted by Crippen LogP contribution is -2.50. The minimum atomic E-state index is 0.617. The molecule has 0 aliphatic carbocycles. The molecule has 2 aliphatic heterocycles. The largest absolute Gasteiger partial charge is 0.378 e. The molecule has 13 heavy (non-hydrogen) atoms. The number of hydrogen-bond acceptors (Lipinski definition) is 3. The topological polar surface area (TPSA) is 32.8 Å². The highest BCUT2D eigenvalue weighted by Crippen LogP contribution is 2.12. The van der Waals surface area contributed by atoms with E-state index in [1.165, 1.54) is 0 Å². The van der Waals surface area contributed by atoms with E-state index in [4.69, 9.17) is 4.74 Å². The first-order valence-electron chi connectivity index (χ1n) is 4.91. The van der Waals surface area contributed by atoms with Gasteiger partial charge in [0.25, 0.3) is 0 Å². The summed E-state index contributed by atoms with van der Waals surface area (Å²) >= 11 is 0. The van der Waals surface area contributed by atoms with Crippen molar-refractivity contribution in [2.45, 2.75) is 12.5 Å². The fourth-order valence-electron chi connectivity index (χ4n) is 1.86. The minimum Gasteiger partial charge on any atom is -0.378 e. The summed E-state index contributed by atoms with van der Waals surface area (Å²) < 4.78 is 5.16. The van der Waals surface area contributed by atoms with Gasteiger partial charge in [-0.05, 0) is 6.42 Å². The van der Waals surface area contributed by atoms with Crippen LogP contribution < -0.4 is 0 Å². The van der Waals surface area contributed by atoms with E-state index in [2.05, 4.69) is 4.90 Å². The molecule has 2 saturated heterocycles. The van der Waals surface area contributed by atoms with Gasteiger partial charge in [-0.25, -0.2) is 0 Å². The van der Waals surface area contributed by atoms with Gasteiger partial charge in [0.05, 0.1) is 19.3 Å². The first kappa shape index (κ1) is 8.97. The predicted molar refractivity (Wildman–Crippen MR) is 48.4 cm³/mol. The molecule has 0 aromatic carbocycles. The van der Waals surface area contributed by atoms with Crippen molar-refractivity contribution in [2.75, 3.05) is 39.4 Å². The molecular weight excluding hydrogens is 168 g/mol. The second kappa shape index (κ2) is 4.07. The maximum atomic E-state index is 10.6. The van der Waals surface area contributed by atoms with Crippen LogP contribution in [0.2, 0.25) is 0 Å². The molecule has 0 bridgehead atoms. The average molecular weight is 184 g/mol. The van der Waals surface area contributed by atoms with Crippen molar-refractivity contribution in [1.29, 1.82) is 0 Å². The standard InChI is InChI=1S/C9H16N2O2/c12-8-10-2-1-3-11(5-4-10)9-6-13-7-9/h8-9H,1-7H2. The lowest BCUT2D eigenvalue weighted by molar-refractivity contribution is -0.118. The second-order valence-electron chi connectivity index (χ2n) is 3.72. The molecule has 0 aromatic heterocycles. The van der Waals surface area contributed by atoms with Crippen LogP contribution in [0.3, 0.4) is 0 Å². The molecule has 0 N–H and O–H groups in total. The van der Waals surface area contributed by atoms with Gasteiger partial charge in [-0.3, -0.25) is 9.69 Å². The zero-order valence-corrected chi connectivity index (χ0v) is 7.82. The molecule has 0 unspecified atom stereocenters. The number of carbonyl (C=O) groups excluding carboxylic acids is 1. The van der Waals surface area contributed by atoms with Crippen LogP contribution in [-0.2, 0) is 9.53 Å². The van der Waals surface area contributed by atoms with Crippen molar-refractivity contribution in [3.63, 3.8) is 0 Å². The zero-order chi connectivity index (χ0) is 9.10. The Morgan fingerprint density at radius 2 is 2.00 bits per heavy atom. The van der Waals surface area contributed by atoms with Crippen molar-refractivity contribution in [1.82, 2.24) is 9.80 Å². The molecule has 74 valence electrons. The summed E-state index contributed by atoms with van der Waals surface area (Å²) in [5, 5.41) is 0. The third-order valence-electron chi connectivity index (χ3n) is 2.85. The molecule has 4 nitrogen and oxygen atoms in total. The fourth-order valence-corrected chi connectivity index (χ4v) is 1.86. The Bertz CT molecular complexity index is 182. The molecule has 2 rings (SSSR count). The lowest BCUT2D eigenvalue weighted by atomic mass is 10.2. The Morgan fingerprint density at radius 3 is 2.62 bits per heavy atom. The summed E-state index contributed by atoms with van der Waals surface area (Å²) in [5.74, 6) is 0. The number of carbonyl (C=O) groups is 1. The third-order valence-corrected chi connectivity index (χ3v) is 2.85. The van der Waals surface area contributed by atoms with Gasteiger partial charge < -0.3 is 9.64 Å². The van der Waals surface area contributed by atoms with Gasteiger partial charge >= 0.3 is 0 Å². The summed E-state index contributed by atoms with van der Waals surface area (Å²) in [4.78, 5) is 14.9. The molecule has 0 atom stereocenters. The molecule has 0 radical (unpaired) electrons. The number of hydrogen-bond donors (Lipinski definition) is 0. The smallest absolute Gasteiger partial charge is 0.209 e. The van der Waals surface area contributed by atoms with Gasteiger partial charge in [-0.2, -0.15) is 0 Å². The highest BCUT2D eigenvalue weighted by atomic mass is 16.5. The average Bonchev–Trinajstić information content (AvgIpc) is 2.27. The first-order valence-corrected chi connectivity index (χ1v) is 4.91. The number of rotatable bonds is 2. The summed E-state index contributed by atoms with van der Waals surface area (Å²) in [6, 6.07) is 0.617. The van der Waals surface area contributed by atoms with E-state index in [0.29, 0.717) is 6.04 Å². The quantitative estimate of drug-likeness (QED) is 0.545. The minimum absolute atomic E-state index is 0.617. The Labute approximate surface area is 78.4 Å². The Balaban J connectivity index is 1.82. The highest BCUT2D eigenvalue weighted by Gasteiger charge is 2.26. The van der Waals surface area contributed by atoms with E-state index in [1.807, 2.05) is 4.90 Å². The Kier molecular flexibility index (Phi) is 2.80. The SMILES string of the molecule is O=CN1CCCN(C2COC2)CC1. The van der Waals surface area contributed by atoms with E-state index in [9.17, 15) is 4.79 Å². The molecule has 4 heteroatoms. The predicted octanol–water partition coefficient (Wildman–Crippen LogP) is -0.451. The number of ether oxygens (including phenoxy) is 1. The van der Waals surface area contributed by atoms with Gasteiger partial charge in [0.15, 0.2) is 0 Å². The monoisotopic (exact) mass is 184 g/mol. The molecule has 1 amide bonds. The van der Waals surface area contributed by atoms with Crippen LogP contribution >= 0.6 is 0 Å². The van der Waals surface area contributed by atoms with Gasteiger partial charge in [-0.1, -0.05) is 0 Å². The van der Waals surface area contributed by atoms with Crippen LogP contribution in [0.25, 0.3) is 0 Å². The van der Waals surface area contributed by atoms with E-state index in [0.717, 1.165) is 52.2 Å². The van der Waals surface area contributed by atoms with Crippen molar-refractivity contribution in [3.05, 3.63) is 0 Å². The van der Waals surface area contributed by atoms with Crippen LogP contribution in [0.4, 0.5) is 0 Å². The van der Waals surface area contributed by atoms with Crippen LogP contribution in [0.1, 0.15) is 6.42 Å². The van der Waals surface area contributed by atoms with Crippen LogP contribution in [0, 0.1) is 0 Å². The zero-order valence-electron chi connectivity index (χ0n) is 7.82. The van der Waals surface area contributed by atoms with Gasteiger partial charge in [-0.15, -0.1) is 0 Å². The molecule has 0 spiro atoms. The molecule has 0 aromatic rings. The molecular formula is C9H16N2O2. The number of nitrogens with zero attached hydrogens (tertiary/aromatic N) is 2. The summed E-state index contributed by atoms with van der Waals surface area (Å²) in [6.45, 7) is 5.65. The first-order chi connectivity index (χ1) is 6.40. The van der Waals surface area contributed by atoms with E-state index < -0.39 is 0 Å². The lowest BCUT2D eigenvalue weighted by Gasteiger charge is -2.36. The second-order valence-corrected chi connectivity index (χ2v) is 3.72. The molecule has 0 saturated carbocycles. The van der Waals surface area contributed by atoms with Crippen LogP contribution in [0.5, 0.6) is 0 Å². The Morgan fingerprint density at radius 1 is 1.15 bits per heavy atom. The Hall–Kier alpha value is -0.610. The number of amides is 1. The molecule has 2 heterocycles. The van der Waals surface area contributed by atoms with Gasteiger partial charge in [0.1, 0.15) is 0 Å². The summed E-state index contributed by atoms with van der Waals surface area (Å²) in [5.41, 5.74) is 0. The maximum Gasteiger partial charge on any atom is 0.209 e. The van der Waals surface area contributed by atoms with Crippen molar-refractivity contribution in [2.24, 2.45) is 0 Å². The van der Waals surface area contributed by atoms with E-state index >= 15 is 0 Å². The maximum absolute atomic E-state index is 10.6. The summed E-state index contributed by atoms with van der Waals surface area (Å²) in [6.07, 6.45) is 2.05. The van der Waals surface area contributed by atoms with E-state index in [1.54, 1.807) is 0 Å². The van der Waals surface area contributed by atoms with Crippen LogP contribution in [0.15, 0.2) is 0 Å². The third kappa shape index (κ3) is 2.00. The molecule has 2 fully saturated rings. The van der Waals surface area contributed by atoms with Crippen molar-refractivity contribution < 1.29 is 9.53 Å². The fraction of sp³-hybridized carbons (Fsp3) is 0.889. The molecule has 2 aliphatic rings. The van der Waals surface area contributed by atoms with Gasteiger partial charge in [0.2, 0.25) is 6.41 Å². The van der Waals surface area contributed by atoms with Crippen molar-refractivity contribution >= 4 is 6.41 Å². The highest BCUT2D eigenvalue weighted by molar-refractivity contribution is 5.46. The normalized spacial score (nSPS) is 26.6. The van der Waals surface area contributed by atoms with E-state index in [-0.39, 0.29) is 0 Å². The van der Waals surface area contributed by atoms with Gasteiger partial charge in [0, 0.05) is 26.2 Å². The van der Waals surface area contributed by atoms with Crippen molar-refractivity contribution in [3.8, 4) is 0 Å². The van der Waals surface area contributed by atoms with Crippen LogP contribution in [-0.4, -0.2) is 61.6 Å².